The van der Waals surface area contributed by atoms with Crippen molar-refractivity contribution >= 4 is 23.4 Å². The first-order valence-corrected chi connectivity index (χ1v) is 8.27. The monoisotopic (exact) mass is 280 g/mol. The van der Waals surface area contributed by atoms with Gasteiger partial charge in [0.2, 0.25) is 0 Å². The predicted molar refractivity (Wildman–Crippen MR) is 82.9 cm³/mol. The molecule has 0 saturated heterocycles. The second-order valence-corrected chi connectivity index (χ2v) is 6.00. The summed E-state index contributed by atoms with van der Waals surface area (Å²) >= 11 is 1.57. The lowest BCUT2D eigenvalue weighted by molar-refractivity contribution is 0.391. The summed E-state index contributed by atoms with van der Waals surface area (Å²) in [5.74, 6) is 3.38. The van der Waals surface area contributed by atoms with Gasteiger partial charge in [0.1, 0.15) is 11.6 Å². The summed E-state index contributed by atoms with van der Waals surface area (Å²) in [7, 11) is 1.89. The van der Waals surface area contributed by atoms with Gasteiger partial charge in [-0.3, -0.25) is 0 Å². The van der Waals surface area contributed by atoms with Crippen molar-refractivity contribution in [2.45, 2.75) is 44.3 Å². The summed E-state index contributed by atoms with van der Waals surface area (Å²) in [4.78, 5) is 8.95. The van der Waals surface area contributed by atoms with Crippen LogP contribution in [0.5, 0.6) is 0 Å². The number of anilines is 2. The summed E-state index contributed by atoms with van der Waals surface area (Å²) in [5.41, 5.74) is 0. The molecule has 0 spiro atoms. The van der Waals surface area contributed by atoms with Gasteiger partial charge in [-0.25, -0.2) is 9.97 Å². The molecule has 1 heterocycles. The van der Waals surface area contributed by atoms with E-state index < -0.39 is 0 Å². The number of rotatable bonds is 5. The SMILES string of the molecule is CCC1CCC(Nc2cc(NC)nc(SC)n2)C1C. The van der Waals surface area contributed by atoms with Gasteiger partial charge in [0.05, 0.1) is 0 Å². The molecular weight excluding hydrogens is 256 g/mol. The zero-order valence-electron chi connectivity index (χ0n) is 12.2. The molecule has 3 unspecified atom stereocenters. The fraction of sp³-hybridized carbons (Fsp3) is 0.714. The maximum Gasteiger partial charge on any atom is 0.191 e. The fourth-order valence-corrected chi connectivity index (χ4v) is 3.32. The first-order valence-electron chi connectivity index (χ1n) is 7.05. The van der Waals surface area contributed by atoms with Crippen LogP contribution < -0.4 is 10.6 Å². The minimum Gasteiger partial charge on any atom is -0.373 e. The Labute approximate surface area is 120 Å². The van der Waals surface area contributed by atoms with Gasteiger partial charge in [-0.1, -0.05) is 32.0 Å². The number of nitrogens with zero attached hydrogens (tertiary/aromatic N) is 2. The summed E-state index contributed by atoms with van der Waals surface area (Å²) in [6, 6.07) is 2.53. The lowest BCUT2D eigenvalue weighted by atomic mass is 9.93. The molecule has 5 heteroatoms. The Morgan fingerprint density at radius 3 is 2.63 bits per heavy atom. The van der Waals surface area contributed by atoms with Crippen molar-refractivity contribution in [3.8, 4) is 0 Å². The molecule has 19 heavy (non-hydrogen) atoms. The van der Waals surface area contributed by atoms with Crippen molar-refractivity contribution in [1.82, 2.24) is 9.97 Å². The number of thioether (sulfide) groups is 1. The molecule has 106 valence electrons. The van der Waals surface area contributed by atoms with Gasteiger partial charge in [-0.2, -0.15) is 0 Å². The van der Waals surface area contributed by atoms with Crippen molar-refractivity contribution in [2.24, 2.45) is 11.8 Å². The van der Waals surface area contributed by atoms with Gasteiger partial charge in [0, 0.05) is 19.2 Å². The molecule has 0 radical (unpaired) electrons. The van der Waals surface area contributed by atoms with E-state index in [1.807, 2.05) is 19.4 Å². The smallest absolute Gasteiger partial charge is 0.191 e. The summed E-state index contributed by atoms with van der Waals surface area (Å²) < 4.78 is 0. The maximum atomic E-state index is 4.55. The highest BCUT2D eigenvalue weighted by atomic mass is 32.2. The van der Waals surface area contributed by atoms with Crippen molar-refractivity contribution in [3.63, 3.8) is 0 Å². The van der Waals surface area contributed by atoms with Crippen molar-refractivity contribution in [2.75, 3.05) is 23.9 Å². The molecule has 2 rings (SSSR count). The first-order chi connectivity index (χ1) is 9.17. The third kappa shape index (κ3) is 3.32. The van der Waals surface area contributed by atoms with Crippen LogP contribution in [-0.2, 0) is 0 Å². The van der Waals surface area contributed by atoms with E-state index in [0.717, 1.165) is 28.6 Å². The topological polar surface area (TPSA) is 49.8 Å². The second kappa shape index (κ2) is 6.46. The molecule has 1 aliphatic carbocycles. The third-order valence-corrected chi connectivity index (χ3v) is 4.78. The Bertz CT molecular complexity index is 402. The van der Waals surface area contributed by atoms with Gasteiger partial charge in [0.15, 0.2) is 5.16 Å². The Morgan fingerprint density at radius 1 is 1.32 bits per heavy atom. The summed E-state index contributed by atoms with van der Waals surface area (Å²) in [6.45, 7) is 4.65. The lowest BCUT2D eigenvalue weighted by Gasteiger charge is -2.21. The van der Waals surface area contributed by atoms with Gasteiger partial charge in [-0.05, 0) is 30.9 Å². The number of hydrogen-bond donors (Lipinski definition) is 2. The van der Waals surface area contributed by atoms with E-state index in [2.05, 4.69) is 34.4 Å². The van der Waals surface area contributed by atoms with Crippen LogP contribution in [0.2, 0.25) is 0 Å². The van der Waals surface area contributed by atoms with Crippen LogP contribution in [0, 0.1) is 11.8 Å². The zero-order chi connectivity index (χ0) is 13.8. The molecular formula is C14H24N4S. The van der Waals surface area contributed by atoms with Crippen LogP contribution in [0.15, 0.2) is 11.2 Å². The van der Waals surface area contributed by atoms with Gasteiger partial charge in [-0.15, -0.1) is 0 Å². The maximum absolute atomic E-state index is 4.55. The van der Waals surface area contributed by atoms with Gasteiger partial charge < -0.3 is 10.6 Å². The minimum absolute atomic E-state index is 0.541. The summed E-state index contributed by atoms with van der Waals surface area (Å²) in [5, 5.41) is 7.51. The van der Waals surface area contributed by atoms with E-state index in [4.69, 9.17) is 0 Å². The number of aromatic nitrogens is 2. The van der Waals surface area contributed by atoms with Crippen LogP contribution in [0.4, 0.5) is 11.6 Å². The van der Waals surface area contributed by atoms with Crippen molar-refractivity contribution < 1.29 is 0 Å². The van der Waals surface area contributed by atoms with Gasteiger partial charge >= 0.3 is 0 Å². The Morgan fingerprint density at radius 2 is 2.05 bits per heavy atom. The highest BCUT2D eigenvalue weighted by Crippen LogP contribution is 2.35. The molecule has 1 fully saturated rings. The highest BCUT2D eigenvalue weighted by molar-refractivity contribution is 7.98. The second-order valence-electron chi connectivity index (χ2n) is 5.23. The van der Waals surface area contributed by atoms with E-state index in [0.29, 0.717) is 6.04 Å². The average molecular weight is 280 g/mol. The van der Waals surface area contributed by atoms with E-state index in [-0.39, 0.29) is 0 Å². The third-order valence-electron chi connectivity index (χ3n) is 4.23. The molecule has 3 atom stereocenters. The Balaban J connectivity index is 2.10. The first kappa shape index (κ1) is 14.4. The lowest BCUT2D eigenvalue weighted by Crippen LogP contribution is -2.25. The quantitative estimate of drug-likeness (QED) is 0.639. The Hall–Kier alpha value is -0.970. The summed E-state index contributed by atoms with van der Waals surface area (Å²) in [6.07, 6.45) is 5.85. The van der Waals surface area contributed by atoms with Gasteiger partial charge in [0.25, 0.3) is 0 Å². The van der Waals surface area contributed by atoms with Crippen molar-refractivity contribution in [3.05, 3.63) is 6.07 Å². The molecule has 0 aromatic carbocycles. The number of hydrogen-bond acceptors (Lipinski definition) is 5. The minimum atomic E-state index is 0.541. The Kier molecular flexibility index (Phi) is 4.91. The van der Waals surface area contributed by atoms with E-state index >= 15 is 0 Å². The fourth-order valence-electron chi connectivity index (χ4n) is 2.94. The number of nitrogens with one attached hydrogen (secondary N) is 2. The van der Waals surface area contributed by atoms with E-state index in [9.17, 15) is 0 Å². The molecule has 1 aromatic rings. The largest absolute Gasteiger partial charge is 0.373 e. The standard InChI is InChI=1S/C14H24N4S/c1-5-10-6-7-11(9(10)2)16-13-8-12(15-3)17-14(18-13)19-4/h8-11H,5-7H2,1-4H3,(H2,15,16,17,18). The van der Waals surface area contributed by atoms with Crippen LogP contribution >= 0.6 is 11.8 Å². The van der Waals surface area contributed by atoms with E-state index in [1.54, 1.807) is 11.8 Å². The molecule has 0 aliphatic heterocycles. The van der Waals surface area contributed by atoms with Crippen molar-refractivity contribution in [1.29, 1.82) is 0 Å². The zero-order valence-corrected chi connectivity index (χ0v) is 13.0. The molecule has 0 bridgehead atoms. The van der Waals surface area contributed by atoms with Crippen LogP contribution in [-0.4, -0.2) is 29.3 Å². The molecule has 2 N–H and O–H groups in total. The average Bonchev–Trinajstić information content (AvgIpc) is 2.79. The molecule has 1 aliphatic rings. The van der Waals surface area contributed by atoms with Crippen LogP contribution in [0.25, 0.3) is 0 Å². The molecule has 1 saturated carbocycles. The molecule has 1 aromatic heterocycles. The predicted octanol–water partition coefficient (Wildman–Crippen LogP) is 3.48. The molecule has 0 amide bonds. The molecule has 4 nitrogen and oxygen atoms in total. The normalized spacial score (nSPS) is 26.4. The van der Waals surface area contributed by atoms with Crippen LogP contribution in [0.3, 0.4) is 0 Å². The van der Waals surface area contributed by atoms with E-state index in [1.165, 1.54) is 19.3 Å². The highest BCUT2D eigenvalue weighted by Gasteiger charge is 2.31. The van der Waals surface area contributed by atoms with Crippen LogP contribution in [0.1, 0.15) is 33.1 Å².